The third-order valence-electron chi connectivity index (χ3n) is 2.61. The topological polar surface area (TPSA) is 49.8 Å². The van der Waals surface area contributed by atoms with Gasteiger partial charge in [0.1, 0.15) is 17.5 Å². The van der Waals surface area contributed by atoms with Crippen molar-refractivity contribution in [1.29, 1.82) is 0 Å². The van der Waals surface area contributed by atoms with E-state index in [-0.39, 0.29) is 0 Å². The number of nitrogens with zero attached hydrogens (tertiary/aromatic N) is 2. The lowest BCUT2D eigenvalue weighted by Gasteiger charge is -2.10. The van der Waals surface area contributed by atoms with Gasteiger partial charge >= 0.3 is 0 Å². The molecule has 1 aromatic heterocycles. The molecule has 0 aliphatic rings. The number of benzene rings is 1. The predicted octanol–water partition coefficient (Wildman–Crippen LogP) is 3.48. The van der Waals surface area contributed by atoms with Gasteiger partial charge in [0.15, 0.2) is 0 Å². The van der Waals surface area contributed by atoms with Gasteiger partial charge in [-0.05, 0) is 25.5 Å². The monoisotopic (exact) mass is 276 g/mol. The molecule has 19 heavy (non-hydrogen) atoms. The van der Waals surface area contributed by atoms with E-state index in [9.17, 15) is 0 Å². The maximum absolute atomic E-state index is 6.12. The molecular formula is C14H17ClN4. The van der Waals surface area contributed by atoms with Crippen LogP contribution in [0.25, 0.3) is 0 Å². The fourth-order valence-electron chi connectivity index (χ4n) is 1.76. The fraction of sp³-hybridized carbons (Fsp3) is 0.286. The van der Waals surface area contributed by atoms with Crippen molar-refractivity contribution < 1.29 is 0 Å². The van der Waals surface area contributed by atoms with Gasteiger partial charge in [-0.25, -0.2) is 9.97 Å². The lowest BCUT2D eigenvalue weighted by molar-refractivity contribution is 1.01. The van der Waals surface area contributed by atoms with E-state index < -0.39 is 0 Å². The second-order valence-electron chi connectivity index (χ2n) is 4.16. The largest absolute Gasteiger partial charge is 0.370 e. The lowest BCUT2D eigenvalue weighted by Crippen LogP contribution is -2.06. The summed E-state index contributed by atoms with van der Waals surface area (Å²) in [5.74, 6) is 2.36. The van der Waals surface area contributed by atoms with Crippen molar-refractivity contribution in [2.45, 2.75) is 20.4 Å². The van der Waals surface area contributed by atoms with Crippen molar-refractivity contribution in [3.63, 3.8) is 0 Å². The van der Waals surface area contributed by atoms with Crippen LogP contribution < -0.4 is 10.6 Å². The van der Waals surface area contributed by atoms with E-state index in [2.05, 4.69) is 20.6 Å². The Morgan fingerprint density at radius 2 is 1.79 bits per heavy atom. The highest BCUT2D eigenvalue weighted by atomic mass is 35.5. The van der Waals surface area contributed by atoms with Gasteiger partial charge in [0.05, 0.1) is 0 Å². The normalized spacial score (nSPS) is 10.3. The summed E-state index contributed by atoms with van der Waals surface area (Å²) >= 11 is 6.12. The Bertz CT molecular complexity index is 557. The molecule has 0 saturated heterocycles. The number of anilines is 2. The first-order valence-corrected chi connectivity index (χ1v) is 6.63. The Morgan fingerprint density at radius 1 is 1.11 bits per heavy atom. The zero-order valence-electron chi connectivity index (χ0n) is 11.1. The van der Waals surface area contributed by atoms with Gasteiger partial charge in [0.2, 0.25) is 0 Å². The first kappa shape index (κ1) is 13.6. The zero-order chi connectivity index (χ0) is 13.7. The molecule has 0 aliphatic heterocycles. The van der Waals surface area contributed by atoms with Crippen LogP contribution in [0, 0.1) is 6.92 Å². The molecule has 0 saturated carbocycles. The minimum Gasteiger partial charge on any atom is -0.370 e. The Hall–Kier alpha value is -1.81. The van der Waals surface area contributed by atoms with E-state index in [0.717, 1.165) is 34.6 Å². The summed E-state index contributed by atoms with van der Waals surface area (Å²) in [5, 5.41) is 7.20. The molecule has 2 rings (SSSR count). The number of nitrogens with one attached hydrogen (secondary N) is 2. The van der Waals surface area contributed by atoms with Gasteiger partial charge in [0.25, 0.3) is 0 Å². The minimum atomic E-state index is 0.641. The predicted molar refractivity (Wildman–Crippen MR) is 79.7 cm³/mol. The minimum absolute atomic E-state index is 0.641. The highest BCUT2D eigenvalue weighted by Gasteiger charge is 2.03. The van der Waals surface area contributed by atoms with Crippen LogP contribution in [0.1, 0.15) is 18.3 Å². The summed E-state index contributed by atoms with van der Waals surface area (Å²) in [5.41, 5.74) is 1.05. The molecule has 1 aromatic carbocycles. The molecule has 100 valence electrons. The third kappa shape index (κ3) is 3.83. The van der Waals surface area contributed by atoms with Crippen LogP contribution in [0.15, 0.2) is 30.3 Å². The van der Waals surface area contributed by atoms with Crippen molar-refractivity contribution in [2.75, 3.05) is 17.2 Å². The Labute approximate surface area is 118 Å². The van der Waals surface area contributed by atoms with Gasteiger partial charge in [-0.15, -0.1) is 0 Å². The highest BCUT2D eigenvalue weighted by molar-refractivity contribution is 6.31. The van der Waals surface area contributed by atoms with E-state index in [4.69, 9.17) is 11.6 Å². The number of aryl methyl sites for hydroxylation is 1. The van der Waals surface area contributed by atoms with Crippen LogP contribution in [-0.2, 0) is 6.54 Å². The molecule has 2 aromatic rings. The van der Waals surface area contributed by atoms with Gasteiger partial charge in [0, 0.05) is 24.2 Å². The summed E-state index contributed by atoms with van der Waals surface area (Å²) in [6.07, 6.45) is 0. The molecule has 0 spiro atoms. The van der Waals surface area contributed by atoms with Crippen LogP contribution in [0.2, 0.25) is 5.02 Å². The van der Waals surface area contributed by atoms with Crippen molar-refractivity contribution in [3.8, 4) is 0 Å². The van der Waals surface area contributed by atoms with E-state index >= 15 is 0 Å². The summed E-state index contributed by atoms with van der Waals surface area (Å²) in [6.45, 7) is 5.39. The number of halogens is 1. The molecule has 4 nitrogen and oxygen atoms in total. The number of aromatic nitrogens is 2. The van der Waals surface area contributed by atoms with Crippen molar-refractivity contribution >= 4 is 23.2 Å². The summed E-state index contributed by atoms with van der Waals surface area (Å²) in [4.78, 5) is 8.66. The fourth-order valence-corrected chi connectivity index (χ4v) is 1.96. The standard InChI is InChI=1S/C14H17ClN4/c1-3-16-13-8-14(19-10(2)18-13)17-9-11-6-4-5-7-12(11)15/h4-8H,3,9H2,1-2H3,(H2,16,17,18,19). The average molecular weight is 277 g/mol. The number of hydrogen-bond acceptors (Lipinski definition) is 4. The molecular weight excluding hydrogens is 260 g/mol. The van der Waals surface area contributed by atoms with E-state index in [0.29, 0.717) is 6.54 Å². The second kappa shape index (κ2) is 6.38. The molecule has 0 fully saturated rings. The Morgan fingerprint density at radius 3 is 2.47 bits per heavy atom. The SMILES string of the molecule is CCNc1cc(NCc2ccccc2Cl)nc(C)n1. The summed E-state index contributed by atoms with van der Waals surface area (Å²) in [7, 11) is 0. The first-order chi connectivity index (χ1) is 9.19. The quantitative estimate of drug-likeness (QED) is 0.878. The van der Waals surface area contributed by atoms with E-state index in [1.165, 1.54) is 0 Å². The smallest absolute Gasteiger partial charge is 0.132 e. The Kier molecular flexibility index (Phi) is 4.58. The van der Waals surface area contributed by atoms with Gasteiger partial charge in [-0.2, -0.15) is 0 Å². The van der Waals surface area contributed by atoms with E-state index in [1.54, 1.807) is 0 Å². The van der Waals surface area contributed by atoms with Gasteiger partial charge in [-0.3, -0.25) is 0 Å². The van der Waals surface area contributed by atoms with Crippen LogP contribution in [0.4, 0.5) is 11.6 Å². The van der Waals surface area contributed by atoms with Gasteiger partial charge < -0.3 is 10.6 Å². The molecule has 0 atom stereocenters. The average Bonchev–Trinajstić information content (AvgIpc) is 2.37. The molecule has 0 radical (unpaired) electrons. The van der Waals surface area contributed by atoms with Crippen LogP contribution >= 0.6 is 11.6 Å². The van der Waals surface area contributed by atoms with Crippen LogP contribution in [-0.4, -0.2) is 16.5 Å². The molecule has 1 heterocycles. The number of rotatable bonds is 5. The maximum atomic E-state index is 6.12. The third-order valence-corrected chi connectivity index (χ3v) is 2.98. The maximum Gasteiger partial charge on any atom is 0.132 e. The summed E-state index contributed by atoms with van der Waals surface area (Å²) < 4.78 is 0. The molecule has 0 aliphatic carbocycles. The van der Waals surface area contributed by atoms with Crippen LogP contribution in [0.5, 0.6) is 0 Å². The molecule has 5 heteroatoms. The second-order valence-corrected chi connectivity index (χ2v) is 4.57. The van der Waals surface area contributed by atoms with Crippen LogP contribution in [0.3, 0.4) is 0 Å². The lowest BCUT2D eigenvalue weighted by atomic mass is 10.2. The summed E-state index contributed by atoms with van der Waals surface area (Å²) in [6, 6.07) is 9.66. The zero-order valence-corrected chi connectivity index (χ0v) is 11.8. The van der Waals surface area contributed by atoms with E-state index in [1.807, 2.05) is 44.2 Å². The molecule has 0 amide bonds. The van der Waals surface area contributed by atoms with Gasteiger partial charge in [-0.1, -0.05) is 29.8 Å². The van der Waals surface area contributed by atoms with Crippen molar-refractivity contribution in [3.05, 3.63) is 46.7 Å². The Balaban J connectivity index is 2.09. The van der Waals surface area contributed by atoms with Crippen molar-refractivity contribution in [1.82, 2.24) is 9.97 Å². The first-order valence-electron chi connectivity index (χ1n) is 6.26. The molecule has 0 bridgehead atoms. The number of hydrogen-bond donors (Lipinski definition) is 2. The molecule has 0 unspecified atom stereocenters. The molecule has 2 N–H and O–H groups in total. The van der Waals surface area contributed by atoms with Crippen molar-refractivity contribution in [2.24, 2.45) is 0 Å². The highest BCUT2D eigenvalue weighted by Crippen LogP contribution is 2.17.